The number of aliphatic hydroxyl groups excluding tert-OH is 1. The van der Waals surface area contributed by atoms with E-state index in [-0.39, 0.29) is 0 Å². The van der Waals surface area contributed by atoms with Gasteiger partial charge in [-0.1, -0.05) is 47.5 Å². The smallest absolute Gasteiger partial charge is 0.0833 e. The van der Waals surface area contributed by atoms with Crippen molar-refractivity contribution in [3.8, 4) is 0 Å². The van der Waals surface area contributed by atoms with Crippen molar-refractivity contribution < 1.29 is 5.11 Å². The quantitative estimate of drug-likeness (QED) is 0.876. The fraction of sp³-hybridized carbons (Fsp3) is 0.250. The monoisotopic (exact) mass is 260 g/mol. The van der Waals surface area contributed by atoms with Crippen molar-refractivity contribution >= 4 is 11.6 Å². The van der Waals surface area contributed by atoms with E-state index in [2.05, 4.69) is 19.1 Å². The average molecular weight is 261 g/mol. The molecule has 0 saturated carbocycles. The second-order valence-corrected chi connectivity index (χ2v) is 5.15. The summed E-state index contributed by atoms with van der Waals surface area (Å²) in [4.78, 5) is 0. The van der Waals surface area contributed by atoms with E-state index in [1.165, 1.54) is 5.56 Å². The maximum Gasteiger partial charge on any atom is 0.0833 e. The highest BCUT2D eigenvalue weighted by Gasteiger charge is 2.11. The first-order chi connectivity index (χ1) is 8.56. The molecule has 94 valence electrons. The van der Waals surface area contributed by atoms with Crippen LogP contribution in [0.5, 0.6) is 0 Å². The number of rotatable bonds is 3. The van der Waals surface area contributed by atoms with Gasteiger partial charge in [-0.2, -0.15) is 0 Å². The average Bonchev–Trinajstić information content (AvgIpc) is 2.32. The van der Waals surface area contributed by atoms with Crippen molar-refractivity contribution in [2.24, 2.45) is 0 Å². The molecule has 0 aromatic heterocycles. The molecular formula is C16H17ClO. The molecule has 1 atom stereocenters. The number of aryl methyl sites for hydroxylation is 2. The van der Waals surface area contributed by atoms with E-state index < -0.39 is 6.10 Å². The van der Waals surface area contributed by atoms with Crippen molar-refractivity contribution in [2.45, 2.75) is 26.4 Å². The van der Waals surface area contributed by atoms with Gasteiger partial charge in [0.05, 0.1) is 6.10 Å². The van der Waals surface area contributed by atoms with Crippen molar-refractivity contribution in [1.29, 1.82) is 0 Å². The van der Waals surface area contributed by atoms with Gasteiger partial charge in [-0.25, -0.2) is 0 Å². The van der Waals surface area contributed by atoms with E-state index in [9.17, 15) is 5.11 Å². The fourth-order valence-electron chi connectivity index (χ4n) is 2.14. The Morgan fingerprint density at radius 1 is 1.11 bits per heavy atom. The summed E-state index contributed by atoms with van der Waals surface area (Å²) >= 11 is 5.98. The van der Waals surface area contributed by atoms with Crippen LogP contribution in [0.15, 0.2) is 42.5 Å². The maximum atomic E-state index is 10.3. The third kappa shape index (κ3) is 3.12. The summed E-state index contributed by atoms with van der Waals surface area (Å²) in [5.41, 5.74) is 4.33. The minimum absolute atomic E-state index is 0.509. The number of benzene rings is 2. The lowest BCUT2D eigenvalue weighted by Crippen LogP contribution is -2.04. The Balaban J connectivity index is 2.21. The highest BCUT2D eigenvalue weighted by atomic mass is 35.5. The first kappa shape index (κ1) is 13.1. The zero-order valence-electron chi connectivity index (χ0n) is 10.7. The summed E-state index contributed by atoms with van der Waals surface area (Å²) in [7, 11) is 0. The summed E-state index contributed by atoms with van der Waals surface area (Å²) in [6, 6.07) is 13.8. The van der Waals surface area contributed by atoms with Gasteiger partial charge in [0.2, 0.25) is 0 Å². The van der Waals surface area contributed by atoms with Crippen LogP contribution in [-0.2, 0) is 6.42 Å². The molecule has 1 N–H and O–H groups in total. The van der Waals surface area contributed by atoms with Crippen LogP contribution in [-0.4, -0.2) is 5.11 Å². The number of aliphatic hydroxyl groups is 1. The van der Waals surface area contributed by atoms with Gasteiger partial charge in [-0.3, -0.25) is 0 Å². The highest BCUT2D eigenvalue weighted by Crippen LogP contribution is 2.25. The summed E-state index contributed by atoms with van der Waals surface area (Å²) in [6.45, 7) is 4.05. The van der Waals surface area contributed by atoms with E-state index in [0.29, 0.717) is 11.4 Å². The van der Waals surface area contributed by atoms with Gasteiger partial charge < -0.3 is 5.11 Å². The molecule has 0 aliphatic rings. The Kier molecular flexibility index (Phi) is 4.05. The third-order valence-corrected chi connectivity index (χ3v) is 3.35. The van der Waals surface area contributed by atoms with Crippen LogP contribution >= 0.6 is 11.6 Å². The fourth-order valence-corrected chi connectivity index (χ4v) is 2.32. The minimum atomic E-state index is -0.509. The zero-order chi connectivity index (χ0) is 13.1. The van der Waals surface area contributed by atoms with Crippen LogP contribution in [0.3, 0.4) is 0 Å². The van der Waals surface area contributed by atoms with Crippen molar-refractivity contribution in [3.05, 3.63) is 69.7 Å². The number of hydrogen-bond acceptors (Lipinski definition) is 1. The van der Waals surface area contributed by atoms with Gasteiger partial charge in [-0.15, -0.1) is 0 Å². The number of hydrogen-bond donors (Lipinski definition) is 1. The second kappa shape index (κ2) is 5.55. The topological polar surface area (TPSA) is 20.2 Å². The van der Waals surface area contributed by atoms with Crippen molar-refractivity contribution in [1.82, 2.24) is 0 Å². The lowest BCUT2D eigenvalue weighted by Gasteiger charge is -2.14. The first-order valence-electron chi connectivity index (χ1n) is 6.06. The van der Waals surface area contributed by atoms with Crippen molar-refractivity contribution in [2.75, 3.05) is 0 Å². The predicted octanol–water partition coefficient (Wildman–Crippen LogP) is 4.23. The molecule has 0 aliphatic heterocycles. The molecule has 0 radical (unpaired) electrons. The van der Waals surface area contributed by atoms with Crippen molar-refractivity contribution in [3.63, 3.8) is 0 Å². The van der Waals surface area contributed by atoms with E-state index in [1.807, 2.05) is 37.3 Å². The predicted molar refractivity (Wildman–Crippen MR) is 76.0 cm³/mol. The Morgan fingerprint density at radius 2 is 1.89 bits per heavy atom. The molecule has 0 amide bonds. The molecule has 0 spiro atoms. The lowest BCUT2D eigenvalue weighted by molar-refractivity contribution is 0.177. The maximum absolute atomic E-state index is 10.3. The molecule has 2 heteroatoms. The van der Waals surface area contributed by atoms with E-state index in [0.717, 1.165) is 16.7 Å². The van der Waals surface area contributed by atoms with Crippen LogP contribution < -0.4 is 0 Å². The lowest BCUT2D eigenvalue weighted by atomic mass is 9.97. The Bertz CT molecular complexity index is 549. The molecule has 1 nitrogen and oxygen atoms in total. The zero-order valence-corrected chi connectivity index (χ0v) is 11.4. The molecule has 0 fully saturated rings. The van der Waals surface area contributed by atoms with Gasteiger partial charge in [0.25, 0.3) is 0 Å². The Hall–Kier alpha value is -1.31. The molecule has 0 aliphatic carbocycles. The van der Waals surface area contributed by atoms with E-state index >= 15 is 0 Å². The van der Waals surface area contributed by atoms with Crippen LogP contribution in [0.25, 0.3) is 0 Å². The van der Waals surface area contributed by atoms with Crippen LogP contribution in [0.2, 0.25) is 5.02 Å². The van der Waals surface area contributed by atoms with E-state index in [4.69, 9.17) is 11.6 Å². The molecular weight excluding hydrogens is 244 g/mol. The van der Waals surface area contributed by atoms with Gasteiger partial charge >= 0.3 is 0 Å². The molecule has 1 unspecified atom stereocenters. The SMILES string of the molecule is Cc1cccc(CC(O)c2cc(Cl)ccc2C)c1. The van der Waals surface area contributed by atoms with E-state index in [1.54, 1.807) is 0 Å². The first-order valence-corrected chi connectivity index (χ1v) is 6.44. The minimum Gasteiger partial charge on any atom is -0.388 e. The molecule has 2 aromatic rings. The molecule has 2 rings (SSSR count). The van der Waals surface area contributed by atoms with Gasteiger partial charge in [0.15, 0.2) is 0 Å². The summed E-state index contributed by atoms with van der Waals surface area (Å²) in [5.74, 6) is 0. The van der Waals surface area contributed by atoms with Gasteiger partial charge in [0, 0.05) is 11.4 Å². The van der Waals surface area contributed by atoms with Crippen LogP contribution in [0.1, 0.15) is 28.4 Å². The molecule has 0 heterocycles. The van der Waals surface area contributed by atoms with Crippen LogP contribution in [0.4, 0.5) is 0 Å². The highest BCUT2D eigenvalue weighted by molar-refractivity contribution is 6.30. The standard InChI is InChI=1S/C16H17ClO/c1-11-4-3-5-13(8-11)9-16(18)15-10-14(17)7-6-12(15)2/h3-8,10,16,18H,9H2,1-2H3. The second-order valence-electron chi connectivity index (χ2n) is 4.71. The number of halogens is 1. The third-order valence-electron chi connectivity index (χ3n) is 3.11. The summed E-state index contributed by atoms with van der Waals surface area (Å²) in [6.07, 6.45) is 0.105. The normalized spacial score (nSPS) is 12.4. The largest absolute Gasteiger partial charge is 0.388 e. The van der Waals surface area contributed by atoms with Crippen LogP contribution in [0, 0.1) is 13.8 Å². The molecule has 18 heavy (non-hydrogen) atoms. The van der Waals surface area contributed by atoms with Gasteiger partial charge in [0.1, 0.15) is 0 Å². The van der Waals surface area contributed by atoms with Gasteiger partial charge in [-0.05, 0) is 42.7 Å². The molecule has 0 bridgehead atoms. The summed E-state index contributed by atoms with van der Waals surface area (Å²) in [5, 5.41) is 11.0. The molecule has 2 aromatic carbocycles. The Labute approximate surface area is 113 Å². The molecule has 0 saturated heterocycles. The Morgan fingerprint density at radius 3 is 2.61 bits per heavy atom. The summed E-state index contributed by atoms with van der Waals surface area (Å²) < 4.78 is 0.